The Balaban J connectivity index is 2.52. The fourth-order valence-corrected chi connectivity index (χ4v) is 1.19. The maximum atomic E-state index is 11.6. The molecule has 1 rings (SSSR count). The van der Waals surface area contributed by atoms with E-state index in [1.54, 1.807) is 19.2 Å². The lowest BCUT2D eigenvalue weighted by molar-refractivity contribution is 0.0936. The van der Waals surface area contributed by atoms with Gasteiger partial charge in [0.2, 0.25) is 5.88 Å². The van der Waals surface area contributed by atoms with Gasteiger partial charge in [-0.25, -0.2) is 4.98 Å². The molecule has 17 heavy (non-hydrogen) atoms. The van der Waals surface area contributed by atoms with Crippen molar-refractivity contribution >= 4 is 5.91 Å². The van der Waals surface area contributed by atoms with E-state index in [0.717, 1.165) is 0 Å². The summed E-state index contributed by atoms with van der Waals surface area (Å²) >= 11 is 0. The monoisotopic (exact) mass is 238 g/mol. The summed E-state index contributed by atoms with van der Waals surface area (Å²) in [6.07, 6.45) is 1.57. The number of aromatic nitrogens is 1. The number of amides is 1. The predicted octanol–water partition coefficient (Wildman–Crippen LogP) is 1.24. The van der Waals surface area contributed by atoms with Gasteiger partial charge in [-0.3, -0.25) is 4.79 Å². The molecule has 0 aliphatic carbocycles. The van der Waals surface area contributed by atoms with Crippen molar-refractivity contribution in [2.45, 2.75) is 20.0 Å². The molecule has 0 radical (unpaired) electrons. The Hall–Kier alpha value is -1.62. The van der Waals surface area contributed by atoms with E-state index in [0.29, 0.717) is 24.6 Å². The zero-order valence-corrected chi connectivity index (χ0v) is 10.4. The fraction of sp³-hybridized carbons (Fsp3) is 0.500. The molecule has 0 aromatic carbocycles. The van der Waals surface area contributed by atoms with Gasteiger partial charge in [-0.1, -0.05) is 0 Å². The summed E-state index contributed by atoms with van der Waals surface area (Å²) in [6.45, 7) is 4.83. The highest BCUT2D eigenvalue weighted by molar-refractivity contribution is 5.93. The minimum Gasteiger partial charge on any atom is -0.475 e. The highest BCUT2D eigenvalue weighted by Crippen LogP contribution is 2.09. The van der Waals surface area contributed by atoms with Crippen molar-refractivity contribution in [1.29, 1.82) is 0 Å². The molecule has 0 aliphatic rings. The van der Waals surface area contributed by atoms with Gasteiger partial charge in [0.1, 0.15) is 0 Å². The molecule has 5 nitrogen and oxygen atoms in total. The number of rotatable bonds is 6. The molecule has 0 unspecified atom stereocenters. The van der Waals surface area contributed by atoms with Crippen LogP contribution in [-0.4, -0.2) is 37.3 Å². The molecule has 0 saturated carbocycles. The Morgan fingerprint density at radius 2 is 2.24 bits per heavy atom. The van der Waals surface area contributed by atoms with E-state index in [1.165, 1.54) is 6.20 Å². The van der Waals surface area contributed by atoms with E-state index in [2.05, 4.69) is 10.3 Å². The molecular weight excluding hydrogens is 220 g/mol. The van der Waals surface area contributed by atoms with Crippen molar-refractivity contribution in [2.75, 3.05) is 20.3 Å². The van der Waals surface area contributed by atoms with Crippen LogP contribution in [0.5, 0.6) is 5.88 Å². The second-order valence-electron chi connectivity index (χ2n) is 3.80. The third-order valence-corrected chi connectivity index (χ3v) is 1.95. The molecule has 0 saturated heterocycles. The van der Waals surface area contributed by atoms with Gasteiger partial charge in [-0.15, -0.1) is 0 Å². The van der Waals surface area contributed by atoms with E-state index >= 15 is 0 Å². The molecule has 0 aliphatic heterocycles. The van der Waals surface area contributed by atoms with Crippen LogP contribution in [0.3, 0.4) is 0 Å². The Morgan fingerprint density at radius 3 is 2.76 bits per heavy atom. The lowest BCUT2D eigenvalue weighted by Crippen LogP contribution is -2.27. The van der Waals surface area contributed by atoms with Crippen molar-refractivity contribution in [3.8, 4) is 5.88 Å². The Labute approximate surface area is 101 Å². The van der Waals surface area contributed by atoms with Gasteiger partial charge < -0.3 is 14.8 Å². The standard InChI is InChI=1S/C12H18N2O3/c1-9(2)17-11-5-4-10(8-14-11)12(15)13-6-7-16-3/h4-5,8-9H,6-7H2,1-3H3,(H,13,15). The van der Waals surface area contributed by atoms with Crippen LogP contribution in [0.1, 0.15) is 24.2 Å². The number of carbonyl (C=O) groups excluding carboxylic acids is 1. The van der Waals surface area contributed by atoms with Crippen molar-refractivity contribution in [3.63, 3.8) is 0 Å². The topological polar surface area (TPSA) is 60.5 Å². The first-order valence-electron chi connectivity index (χ1n) is 5.53. The van der Waals surface area contributed by atoms with Crippen LogP contribution >= 0.6 is 0 Å². The van der Waals surface area contributed by atoms with E-state index in [9.17, 15) is 4.79 Å². The van der Waals surface area contributed by atoms with Crippen LogP contribution in [-0.2, 0) is 4.74 Å². The smallest absolute Gasteiger partial charge is 0.252 e. The van der Waals surface area contributed by atoms with Gasteiger partial charge in [0.05, 0.1) is 18.3 Å². The zero-order valence-electron chi connectivity index (χ0n) is 10.4. The summed E-state index contributed by atoms with van der Waals surface area (Å²) in [5.41, 5.74) is 0.511. The summed E-state index contributed by atoms with van der Waals surface area (Å²) in [5, 5.41) is 2.72. The quantitative estimate of drug-likeness (QED) is 0.758. The zero-order chi connectivity index (χ0) is 12.7. The van der Waals surface area contributed by atoms with Crippen LogP contribution in [0.4, 0.5) is 0 Å². The summed E-state index contributed by atoms with van der Waals surface area (Å²) in [7, 11) is 1.59. The molecule has 1 aromatic heterocycles. The normalized spacial score (nSPS) is 10.4. The number of hydrogen-bond acceptors (Lipinski definition) is 4. The van der Waals surface area contributed by atoms with Crippen molar-refractivity contribution in [3.05, 3.63) is 23.9 Å². The largest absolute Gasteiger partial charge is 0.475 e. The molecule has 0 bridgehead atoms. The van der Waals surface area contributed by atoms with E-state index in [1.807, 2.05) is 13.8 Å². The van der Waals surface area contributed by atoms with Crippen molar-refractivity contribution < 1.29 is 14.3 Å². The number of nitrogens with one attached hydrogen (secondary N) is 1. The highest BCUT2D eigenvalue weighted by Gasteiger charge is 2.06. The first-order chi connectivity index (χ1) is 8.13. The molecule has 1 aromatic rings. The lowest BCUT2D eigenvalue weighted by atomic mass is 10.2. The van der Waals surface area contributed by atoms with E-state index < -0.39 is 0 Å². The maximum Gasteiger partial charge on any atom is 0.252 e. The first-order valence-corrected chi connectivity index (χ1v) is 5.53. The SMILES string of the molecule is COCCNC(=O)c1ccc(OC(C)C)nc1. The predicted molar refractivity (Wildman–Crippen MR) is 64.2 cm³/mol. The number of carbonyl (C=O) groups is 1. The second-order valence-corrected chi connectivity index (χ2v) is 3.80. The molecule has 1 N–H and O–H groups in total. The number of hydrogen-bond donors (Lipinski definition) is 1. The van der Waals surface area contributed by atoms with Gasteiger partial charge >= 0.3 is 0 Å². The number of ether oxygens (including phenoxy) is 2. The van der Waals surface area contributed by atoms with E-state index in [-0.39, 0.29) is 12.0 Å². The summed E-state index contributed by atoms with van der Waals surface area (Å²) < 4.78 is 10.2. The van der Waals surface area contributed by atoms with Gasteiger partial charge in [-0.2, -0.15) is 0 Å². The maximum absolute atomic E-state index is 11.6. The highest BCUT2D eigenvalue weighted by atomic mass is 16.5. The average molecular weight is 238 g/mol. The van der Waals surface area contributed by atoms with Crippen LogP contribution < -0.4 is 10.1 Å². The Kier molecular flexibility index (Phi) is 5.42. The molecule has 0 atom stereocenters. The summed E-state index contributed by atoms with van der Waals surface area (Å²) in [4.78, 5) is 15.7. The number of methoxy groups -OCH3 is 1. The number of pyridine rings is 1. The van der Waals surface area contributed by atoms with Crippen LogP contribution in [0.25, 0.3) is 0 Å². The molecule has 0 spiro atoms. The van der Waals surface area contributed by atoms with Gasteiger partial charge in [-0.05, 0) is 19.9 Å². The minimum atomic E-state index is -0.161. The average Bonchev–Trinajstić information content (AvgIpc) is 2.29. The Bertz CT molecular complexity index is 349. The molecule has 5 heteroatoms. The van der Waals surface area contributed by atoms with Crippen molar-refractivity contribution in [1.82, 2.24) is 10.3 Å². The van der Waals surface area contributed by atoms with Gasteiger partial charge in [0, 0.05) is 25.9 Å². The lowest BCUT2D eigenvalue weighted by Gasteiger charge is -2.09. The minimum absolute atomic E-state index is 0.0730. The van der Waals surface area contributed by atoms with Gasteiger partial charge in [0.15, 0.2) is 0 Å². The molecule has 1 amide bonds. The molecule has 1 heterocycles. The summed E-state index contributed by atoms with van der Waals surface area (Å²) in [6, 6.07) is 3.37. The molecular formula is C12H18N2O3. The summed E-state index contributed by atoms with van der Waals surface area (Å²) in [5.74, 6) is 0.360. The third kappa shape index (κ3) is 4.82. The van der Waals surface area contributed by atoms with Crippen LogP contribution in [0.15, 0.2) is 18.3 Å². The van der Waals surface area contributed by atoms with E-state index in [4.69, 9.17) is 9.47 Å². The van der Waals surface area contributed by atoms with Crippen LogP contribution in [0, 0.1) is 0 Å². The third-order valence-electron chi connectivity index (χ3n) is 1.95. The Morgan fingerprint density at radius 1 is 1.47 bits per heavy atom. The van der Waals surface area contributed by atoms with Crippen molar-refractivity contribution in [2.24, 2.45) is 0 Å². The van der Waals surface area contributed by atoms with Crippen LogP contribution in [0.2, 0.25) is 0 Å². The van der Waals surface area contributed by atoms with Gasteiger partial charge in [0.25, 0.3) is 5.91 Å². The fourth-order valence-electron chi connectivity index (χ4n) is 1.19. The first kappa shape index (κ1) is 13.4. The molecule has 94 valence electrons. The molecule has 0 fully saturated rings. The number of nitrogens with zero attached hydrogens (tertiary/aromatic N) is 1. The second kappa shape index (κ2) is 6.85.